The van der Waals surface area contributed by atoms with Gasteiger partial charge in [0.15, 0.2) is 0 Å². The van der Waals surface area contributed by atoms with E-state index in [2.05, 4.69) is 10.6 Å². The Hall–Kier alpha value is -2.57. The molecule has 0 heterocycles. The molecule has 1 atom stereocenters. The molecule has 22 heavy (non-hydrogen) atoms. The van der Waals surface area contributed by atoms with Crippen molar-refractivity contribution in [3.63, 3.8) is 0 Å². The van der Waals surface area contributed by atoms with Crippen LogP contribution in [0.15, 0.2) is 24.3 Å². The monoisotopic (exact) mass is 306 g/mol. The van der Waals surface area contributed by atoms with E-state index in [-0.39, 0.29) is 6.42 Å². The molecule has 0 spiro atoms. The minimum Gasteiger partial charge on any atom is -0.368 e. The van der Waals surface area contributed by atoms with Crippen LogP contribution in [0.3, 0.4) is 0 Å². The number of nitrogens with one attached hydrogen (secondary N) is 2. The molecule has 1 rings (SSSR count). The summed E-state index contributed by atoms with van der Waals surface area (Å²) in [6, 6.07) is 6.04. The molecule has 0 radical (unpaired) electrons. The Labute approximate surface area is 129 Å². The Balaban J connectivity index is 2.91. The number of nitrogens with two attached hydrogens (primary N) is 2. The molecule has 6 N–H and O–H groups in total. The van der Waals surface area contributed by atoms with Crippen LogP contribution in [-0.2, 0) is 9.59 Å². The molecule has 120 valence electrons. The number of rotatable bonds is 6. The van der Waals surface area contributed by atoms with Crippen LogP contribution in [0.4, 0.5) is 4.79 Å². The molecule has 0 fully saturated rings. The zero-order chi connectivity index (χ0) is 16.9. The van der Waals surface area contributed by atoms with Gasteiger partial charge in [-0.05, 0) is 31.9 Å². The van der Waals surface area contributed by atoms with Gasteiger partial charge in [0.05, 0.1) is 12.5 Å². The smallest absolute Gasteiger partial charge is 0.312 e. The maximum absolute atomic E-state index is 12.1. The Morgan fingerprint density at radius 1 is 1.18 bits per heavy atom. The van der Waals surface area contributed by atoms with E-state index in [1.165, 1.54) is 13.8 Å². The molecule has 0 aliphatic carbocycles. The van der Waals surface area contributed by atoms with Crippen molar-refractivity contribution in [2.45, 2.75) is 38.8 Å². The molecule has 0 saturated carbocycles. The maximum atomic E-state index is 12.1. The standard InChI is InChI=1S/C15H22N4O3/c1-9-6-4-5-7-10(9)11(18-14(17)22)8-12(20)19-15(2,3)13(16)21/h4-7,11H,8H2,1-3H3,(H2,16,21)(H,19,20)(H3,17,18,22)/t11-/m1/s1. The van der Waals surface area contributed by atoms with Gasteiger partial charge in [-0.2, -0.15) is 0 Å². The Morgan fingerprint density at radius 3 is 2.27 bits per heavy atom. The van der Waals surface area contributed by atoms with Crippen LogP contribution >= 0.6 is 0 Å². The molecule has 0 saturated heterocycles. The number of hydrogen-bond donors (Lipinski definition) is 4. The molecule has 0 aromatic heterocycles. The summed E-state index contributed by atoms with van der Waals surface area (Å²) in [7, 11) is 0. The predicted molar refractivity (Wildman–Crippen MR) is 82.7 cm³/mol. The van der Waals surface area contributed by atoms with E-state index < -0.39 is 29.4 Å². The normalized spacial score (nSPS) is 12.3. The summed E-state index contributed by atoms with van der Waals surface area (Å²) < 4.78 is 0. The van der Waals surface area contributed by atoms with Crippen molar-refractivity contribution in [2.24, 2.45) is 11.5 Å². The fourth-order valence-corrected chi connectivity index (χ4v) is 2.03. The largest absolute Gasteiger partial charge is 0.368 e. The fraction of sp³-hybridized carbons (Fsp3) is 0.400. The number of benzene rings is 1. The highest BCUT2D eigenvalue weighted by Crippen LogP contribution is 2.21. The topological polar surface area (TPSA) is 127 Å². The molecule has 0 bridgehead atoms. The van der Waals surface area contributed by atoms with Crippen LogP contribution in [0, 0.1) is 6.92 Å². The van der Waals surface area contributed by atoms with E-state index in [1.807, 2.05) is 31.2 Å². The van der Waals surface area contributed by atoms with Gasteiger partial charge in [-0.25, -0.2) is 4.79 Å². The van der Waals surface area contributed by atoms with Crippen molar-refractivity contribution in [1.82, 2.24) is 10.6 Å². The van der Waals surface area contributed by atoms with Crippen LogP contribution in [0.2, 0.25) is 0 Å². The number of urea groups is 1. The first kappa shape index (κ1) is 17.5. The summed E-state index contributed by atoms with van der Waals surface area (Å²) in [6.07, 6.45) is -0.0511. The van der Waals surface area contributed by atoms with Gasteiger partial charge < -0.3 is 22.1 Å². The molecular formula is C15H22N4O3. The van der Waals surface area contributed by atoms with Crippen molar-refractivity contribution < 1.29 is 14.4 Å². The van der Waals surface area contributed by atoms with Crippen molar-refractivity contribution >= 4 is 17.8 Å². The average molecular weight is 306 g/mol. The zero-order valence-corrected chi connectivity index (χ0v) is 13.0. The summed E-state index contributed by atoms with van der Waals surface area (Å²) in [5.41, 5.74) is 10.9. The van der Waals surface area contributed by atoms with Crippen molar-refractivity contribution in [3.05, 3.63) is 35.4 Å². The van der Waals surface area contributed by atoms with Gasteiger partial charge in [0, 0.05) is 0 Å². The maximum Gasteiger partial charge on any atom is 0.312 e. The Bertz CT molecular complexity index is 584. The van der Waals surface area contributed by atoms with Crippen LogP contribution in [0.5, 0.6) is 0 Å². The molecule has 4 amide bonds. The molecule has 7 nitrogen and oxygen atoms in total. The highest BCUT2D eigenvalue weighted by molar-refractivity contribution is 5.90. The van der Waals surface area contributed by atoms with Crippen molar-refractivity contribution in [1.29, 1.82) is 0 Å². The first-order chi connectivity index (χ1) is 10.1. The minimum atomic E-state index is -1.17. The van der Waals surface area contributed by atoms with Gasteiger partial charge in [-0.15, -0.1) is 0 Å². The Morgan fingerprint density at radius 2 is 1.77 bits per heavy atom. The lowest BCUT2D eigenvalue weighted by molar-refractivity contribution is -0.130. The van der Waals surface area contributed by atoms with Crippen molar-refractivity contribution in [2.75, 3.05) is 0 Å². The average Bonchev–Trinajstić information content (AvgIpc) is 2.37. The lowest BCUT2D eigenvalue weighted by Crippen LogP contribution is -2.53. The van der Waals surface area contributed by atoms with Gasteiger partial charge in [0.25, 0.3) is 0 Å². The van der Waals surface area contributed by atoms with Crippen LogP contribution < -0.4 is 22.1 Å². The third kappa shape index (κ3) is 4.76. The predicted octanol–water partition coefficient (Wildman–Crippen LogP) is 0.475. The molecule has 1 aromatic carbocycles. The van der Waals surface area contributed by atoms with Gasteiger partial charge in [-0.3, -0.25) is 9.59 Å². The highest BCUT2D eigenvalue weighted by atomic mass is 16.2. The van der Waals surface area contributed by atoms with E-state index in [1.54, 1.807) is 0 Å². The fourth-order valence-electron chi connectivity index (χ4n) is 2.03. The summed E-state index contributed by atoms with van der Waals surface area (Å²) >= 11 is 0. The van der Waals surface area contributed by atoms with Gasteiger partial charge >= 0.3 is 6.03 Å². The Kier molecular flexibility index (Phi) is 5.50. The molecular weight excluding hydrogens is 284 g/mol. The van der Waals surface area contributed by atoms with Crippen molar-refractivity contribution in [3.8, 4) is 0 Å². The van der Waals surface area contributed by atoms with E-state index in [0.29, 0.717) is 0 Å². The molecule has 0 unspecified atom stereocenters. The summed E-state index contributed by atoms with van der Waals surface area (Å²) in [5, 5.41) is 5.09. The lowest BCUT2D eigenvalue weighted by Gasteiger charge is -2.25. The second-order valence-electron chi connectivity index (χ2n) is 5.66. The zero-order valence-electron chi connectivity index (χ0n) is 13.0. The van der Waals surface area contributed by atoms with E-state index in [9.17, 15) is 14.4 Å². The van der Waals surface area contributed by atoms with Crippen LogP contribution in [-0.4, -0.2) is 23.4 Å². The molecule has 0 aliphatic heterocycles. The lowest BCUT2D eigenvalue weighted by atomic mass is 9.97. The number of carbonyl (C=O) groups is 3. The highest BCUT2D eigenvalue weighted by Gasteiger charge is 2.28. The number of carbonyl (C=O) groups excluding carboxylic acids is 3. The third-order valence-corrected chi connectivity index (χ3v) is 3.34. The van der Waals surface area contributed by atoms with Gasteiger partial charge in [0.1, 0.15) is 5.54 Å². The molecule has 7 heteroatoms. The first-order valence-corrected chi connectivity index (χ1v) is 6.86. The van der Waals surface area contributed by atoms with E-state index in [4.69, 9.17) is 11.5 Å². The number of aryl methyl sites for hydroxylation is 1. The van der Waals surface area contributed by atoms with E-state index in [0.717, 1.165) is 11.1 Å². The number of amides is 4. The molecule has 1 aromatic rings. The summed E-state index contributed by atoms with van der Waals surface area (Å²) in [4.78, 5) is 34.6. The number of primary amides is 2. The van der Waals surface area contributed by atoms with Crippen LogP contribution in [0.1, 0.15) is 37.4 Å². The second-order valence-corrected chi connectivity index (χ2v) is 5.66. The third-order valence-electron chi connectivity index (χ3n) is 3.34. The second kappa shape index (κ2) is 6.93. The molecule has 0 aliphatic rings. The first-order valence-electron chi connectivity index (χ1n) is 6.86. The SMILES string of the molecule is Cc1ccccc1[C@@H](CC(=O)NC(C)(C)C(N)=O)NC(N)=O. The van der Waals surface area contributed by atoms with Crippen LogP contribution in [0.25, 0.3) is 0 Å². The summed E-state index contributed by atoms with van der Waals surface area (Å²) in [6.45, 7) is 4.89. The van der Waals surface area contributed by atoms with Gasteiger partial charge in [0.2, 0.25) is 11.8 Å². The quantitative estimate of drug-likeness (QED) is 0.610. The number of hydrogen-bond acceptors (Lipinski definition) is 3. The minimum absolute atomic E-state index is 0.0511. The van der Waals surface area contributed by atoms with Gasteiger partial charge in [-0.1, -0.05) is 24.3 Å². The van der Waals surface area contributed by atoms with E-state index >= 15 is 0 Å². The summed E-state index contributed by atoms with van der Waals surface area (Å²) in [5.74, 6) is -1.05.